The van der Waals surface area contributed by atoms with Crippen LogP contribution in [0.2, 0.25) is 0 Å². The normalized spacial score (nSPS) is 16.4. The predicted molar refractivity (Wildman–Crippen MR) is 126 cm³/mol. The Morgan fingerprint density at radius 2 is 1.76 bits per heavy atom. The molecule has 29 heavy (non-hydrogen) atoms. The molecule has 0 fully saturated rings. The van der Waals surface area contributed by atoms with Crippen LogP contribution >= 0.6 is 12.6 Å². The number of benzene rings is 1. The zero-order valence-electron chi connectivity index (χ0n) is 17.0. The molecule has 166 valence electrons. The fraction of sp³-hybridized carbons (Fsp3) is 0.500. The molecule has 1 aromatic carbocycles. The quantitative estimate of drug-likeness (QED) is 0.456. The number of ether oxygens (including phenoxy) is 1. The number of carbonyl (C=O) groups excluding carboxylic acids is 1. The maximum atomic E-state index is 11.1. The number of hydrogen-bond donors (Lipinski definition) is 5. The number of nitrogens with zero attached hydrogens (tertiary/aromatic N) is 1. The van der Waals surface area contributed by atoms with Crippen LogP contribution in [0.15, 0.2) is 22.2 Å². The highest BCUT2D eigenvalue weighted by atomic mass is 32.1. The second-order valence-electron chi connectivity index (χ2n) is 6.66. The summed E-state index contributed by atoms with van der Waals surface area (Å²) in [5.41, 5.74) is 21.5. The van der Waals surface area contributed by atoms with Crippen molar-refractivity contribution < 1.29 is 17.9 Å². The molecular formula is C20H37N5O3S. The molecule has 1 aromatic rings. The Bertz CT molecular complexity index is 743. The van der Waals surface area contributed by atoms with Crippen molar-refractivity contribution in [3.63, 3.8) is 0 Å². The lowest BCUT2D eigenvalue weighted by atomic mass is 9.99. The standard InChI is InChI=1S/C13H16N2O.C6H10N2OS.CH5N.H2O.2H2/c14-13(16)15-12-10-5-1-3-8(10)7-9-4-2-6-11(9)12;7-4-5(10)6-8-2-1-3-9-6;1-2;;;/h7H,1-6H2,(H3,14,15,16);4,10H,1-3,7H2;2H2,1H3;1H2;2*1H/b;5-4+;;;;. The van der Waals surface area contributed by atoms with Gasteiger partial charge in [0.1, 0.15) is 0 Å². The molecule has 0 aromatic heterocycles. The smallest absolute Gasteiger partial charge is 0.316 e. The minimum Gasteiger partial charge on any atom is -0.477 e. The highest BCUT2D eigenvalue weighted by Gasteiger charge is 2.24. The lowest BCUT2D eigenvalue weighted by molar-refractivity contribution is 0.259. The number of nitrogens with one attached hydrogen (secondary N) is 1. The third-order valence-electron chi connectivity index (χ3n) is 4.89. The molecule has 1 aliphatic heterocycles. The van der Waals surface area contributed by atoms with Gasteiger partial charge in [0, 0.05) is 27.7 Å². The molecule has 1 heterocycles. The molecule has 0 radical (unpaired) electrons. The van der Waals surface area contributed by atoms with Gasteiger partial charge in [-0.1, -0.05) is 6.07 Å². The van der Waals surface area contributed by atoms with Crippen LogP contribution in [0.25, 0.3) is 0 Å². The van der Waals surface area contributed by atoms with E-state index < -0.39 is 6.03 Å². The maximum absolute atomic E-state index is 11.1. The summed E-state index contributed by atoms with van der Waals surface area (Å²) in [6.45, 7) is 1.53. The summed E-state index contributed by atoms with van der Waals surface area (Å²) in [6, 6.07) is 1.91. The molecule has 0 saturated carbocycles. The number of amides is 2. The Hall–Kier alpha value is -2.23. The van der Waals surface area contributed by atoms with E-state index in [1.54, 1.807) is 0 Å². The predicted octanol–water partition coefficient (Wildman–Crippen LogP) is 1.93. The van der Waals surface area contributed by atoms with Gasteiger partial charge in [0.05, 0.1) is 11.5 Å². The van der Waals surface area contributed by atoms with Crippen molar-refractivity contribution in [2.24, 2.45) is 22.2 Å². The zero-order chi connectivity index (χ0) is 20.5. The maximum Gasteiger partial charge on any atom is 0.316 e. The van der Waals surface area contributed by atoms with Crippen LogP contribution in [0.5, 0.6) is 0 Å². The Labute approximate surface area is 180 Å². The average molecular weight is 428 g/mol. The first kappa shape index (κ1) is 24.8. The molecule has 0 saturated heterocycles. The molecule has 9 N–H and O–H groups in total. The molecule has 8 nitrogen and oxygen atoms in total. The number of nitrogens with two attached hydrogens (primary N) is 3. The van der Waals surface area contributed by atoms with Crippen LogP contribution < -0.4 is 22.5 Å². The first-order chi connectivity index (χ1) is 13.6. The van der Waals surface area contributed by atoms with E-state index in [0.717, 1.165) is 50.9 Å². The van der Waals surface area contributed by atoms with Gasteiger partial charge in [0.15, 0.2) is 0 Å². The molecule has 0 spiro atoms. The number of carbonyl (C=O) groups is 1. The van der Waals surface area contributed by atoms with Gasteiger partial charge in [-0.3, -0.25) is 4.99 Å². The van der Waals surface area contributed by atoms with Crippen LogP contribution in [-0.2, 0) is 30.4 Å². The van der Waals surface area contributed by atoms with E-state index in [4.69, 9.17) is 16.2 Å². The van der Waals surface area contributed by atoms with Crippen LogP contribution in [0.1, 0.15) is 44.4 Å². The second kappa shape index (κ2) is 12.4. The summed E-state index contributed by atoms with van der Waals surface area (Å²) in [5.74, 6) is 0.567. The van der Waals surface area contributed by atoms with Crippen molar-refractivity contribution in [1.82, 2.24) is 0 Å². The van der Waals surface area contributed by atoms with Gasteiger partial charge in [0.2, 0.25) is 5.90 Å². The van der Waals surface area contributed by atoms with Crippen molar-refractivity contribution in [2.75, 3.05) is 25.5 Å². The van der Waals surface area contributed by atoms with Crippen molar-refractivity contribution in [3.8, 4) is 0 Å². The average Bonchev–Trinajstić information content (AvgIpc) is 3.39. The van der Waals surface area contributed by atoms with E-state index in [1.165, 1.54) is 48.3 Å². The SMILES string of the molecule is CN.N/C=C(/S)C1=NCCCO1.NC(=O)Nc1c2c(cc3c1CCC3)CCC2.O.[HH].[HH]. The van der Waals surface area contributed by atoms with Gasteiger partial charge in [-0.05, 0) is 67.8 Å². The fourth-order valence-electron chi connectivity index (χ4n) is 3.78. The summed E-state index contributed by atoms with van der Waals surface area (Å²) >= 11 is 4.05. The first-order valence-corrected chi connectivity index (χ1v) is 10.1. The first-order valence-electron chi connectivity index (χ1n) is 9.69. The lowest BCUT2D eigenvalue weighted by Crippen LogP contribution is -2.21. The van der Waals surface area contributed by atoms with Gasteiger partial charge in [-0.25, -0.2) is 4.79 Å². The van der Waals surface area contributed by atoms with Gasteiger partial charge >= 0.3 is 6.03 Å². The van der Waals surface area contributed by atoms with E-state index >= 15 is 0 Å². The Kier molecular flexibility index (Phi) is 10.6. The van der Waals surface area contributed by atoms with Crippen LogP contribution in [0, 0.1) is 0 Å². The van der Waals surface area contributed by atoms with Crippen molar-refractivity contribution in [1.29, 1.82) is 0 Å². The van der Waals surface area contributed by atoms with E-state index in [1.807, 2.05) is 0 Å². The van der Waals surface area contributed by atoms with E-state index in [2.05, 4.69) is 34.7 Å². The lowest BCUT2D eigenvalue weighted by Gasteiger charge is -2.14. The molecule has 2 aliphatic carbocycles. The zero-order valence-corrected chi connectivity index (χ0v) is 17.9. The van der Waals surface area contributed by atoms with E-state index in [9.17, 15) is 4.79 Å². The number of fused-ring (bicyclic) bond motifs is 2. The highest BCUT2D eigenvalue weighted by molar-refractivity contribution is 7.85. The van der Waals surface area contributed by atoms with Gasteiger partial charge in [-0.15, -0.1) is 12.6 Å². The Morgan fingerprint density at radius 1 is 1.17 bits per heavy atom. The largest absolute Gasteiger partial charge is 0.477 e. The minimum atomic E-state index is -0.436. The third kappa shape index (κ3) is 6.38. The summed E-state index contributed by atoms with van der Waals surface area (Å²) in [7, 11) is 1.50. The Morgan fingerprint density at radius 3 is 2.21 bits per heavy atom. The molecular weight excluding hydrogens is 390 g/mol. The van der Waals surface area contributed by atoms with Crippen LogP contribution in [-0.4, -0.2) is 37.6 Å². The topological polar surface area (TPSA) is 160 Å². The van der Waals surface area contributed by atoms with Gasteiger partial charge in [-0.2, -0.15) is 0 Å². The van der Waals surface area contributed by atoms with Crippen molar-refractivity contribution in [3.05, 3.63) is 39.4 Å². The number of hydrogen-bond acceptors (Lipinski definition) is 6. The van der Waals surface area contributed by atoms with Gasteiger partial charge in [0.25, 0.3) is 0 Å². The number of aryl methyl sites for hydroxylation is 2. The summed E-state index contributed by atoms with van der Waals surface area (Å²) < 4.78 is 5.16. The van der Waals surface area contributed by atoms with E-state index in [-0.39, 0.29) is 8.33 Å². The molecule has 0 bridgehead atoms. The third-order valence-corrected chi connectivity index (χ3v) is 5.24. The van der Waals surface area contributed by atoms with Crippen LogP contribution in [0.4, 0.5) is 10.5 Å². The number of urea groups is 1. The molecule has 2 amide bonds. The van der Waals surface area contributed by atoms with Crippen LogP contribution in [0.3, 0.4) is 0 Å². The summed E-state index contributed by atoms with van der Waals surface area (Å²) in [6.07, 6.45) is 9.22. The summed E-state index contributed by atoms with van der Waals surface area (Å²) in [4.78, 5) is 15.8. The Balaban J connectivity index is 0. The molecule has 9 heteroatoms. The molecule has 4 rings (SSSR count). The summed E-state index contributed by atoms with van der Waals surface area (Å²) in [5, 5.41) is 2.84. The fourth-order valence-corrected chi connectivity index (χ4v) is 3.91. The number of primary amides is 1. The monoisotopic (exact) mass is 427 g/mol. The van der Waals surface area contributed by atoms with Crippen molar-refractivity contribution >= 4 is 30.2 Å². The number of aliphatic imine (C=N–C) groups is 1. The highest BCUT2D eigenvalue weighted by Crippen LogP contribution is 2.38. The number of rotatable bonds is 2. The number of thiol groups is 1. The molecule has 0 unspecified atom stereocenters. The second-order valence-corrected chi connectivity index (χ2v) is 7.15. The minimum absolute atomic E-state index is 0. The van der Waals surface area contributed by atoms with Gasteiger partial charge < -0.3 is 32.7 Å². The van der Waals surface area contributed by atoms with Crippen molar-refractivity contribution in [2.45, 2.75) is 44.9 Å². The molecule has 0 atom stereocenters. The molecule has 3 aliphatic rings. The number of anilines is 1. The van der Waals surface area contributed by atoms with E-state index in [0.29, 0.717) is 10.8 Å².